The first-order chi connectivity index (χ1) is 14.3. The van der Waals surface area contributed by atoms with Gasteiger partial charge >= 0.3 is 0 Å². The van der Waals surface area contributed by atoms with Gasteiger partial charge in [-0.25, -0.2) is 0 Å². The second-order valence-electron chi connectivity index (χ2n) is 7.83. The number of nitrogens with zero attached hydrogens (tertiary/aromatic N) is 4. The molecule has 0 saturated carbocycles. The highest BCUT2D eigenvalue weighted by molar-refractivity contribution is 5.51. The molecule has 1 aromatic heterocycles. The standard InChI is InChI=1S/C23H26N4O2/c1-2-5-19(6-3-1)23-24-22(25-29-23)17-27-11-4-10-26(12-13-27)16-18-7-8-21-20(15-18)9-14-28-21/h1-3,5-8,15H,4,9-14,16-17H2. The Kier molecular flexibility index (Phi) is 5.28. The summed E-state index contributed by atoms with van der Waals surface area (Å²) in [5.74, 6) is 2.42. The Bertz CT molecular complexity index is 957. The van der Waals surface area contributed by atoms with Crippen molar-refractivity contribution in [1.29, 1.82) is 0 Å². The SMILES string of the molecule is c1ccc(-c2nc(CN3CCCN(Cc4ccc5c(c4)CCO5)CC3)no2)cc1. The van der Waals surface area contributed by atoms with Gasteiger partial charge < -0.3 is 9.26 Å². The lowest BCUT2D eigenvalue weighted by atomic mass is 10.1. The Balaban J connectivity index is 1.17. The number of rotatable bonds is 5. The van der Waals surface area contributed by atoms with Crippen molar-refractivity contribution in [2.75, 3.05) is 32.8 Å². The second kappa shape index (κ2) is 8.35. The molecule has 3 aromatic rings. The summed E-state index contributed by atoms with van der Waals surface area (Å²) in [5.41, 5.74) is 3.70. The van der Waals surface area contributed by atoms with Crippen LogP contribution in [-0.2, 0) is 19.5 Å². The van der Waals surface area contributed by atoms with Gasteiger partial charge in [0.15, 0.2) is 5.82 Å². The summed E-state index contributed by atoms with van der Waals surface area (Å²) >= 11 is 0. The predicted molar refractivity (Wildman–Crippen MR) is 111 cm³/mol. The number of benzene rings is 2. The first kappa shape index (κ1) is 18.3. The molecule has 0 bridgehead atoms. The highest BCUT2D eigenvalue weighted by Crippen LogP contribution is 2.26. The molecule has 29 heavy (non-hydrogen) atoms. The fourth-order valence-electron chi connectivity index (χ4n) is 4.15. The van der Waals surface area contributed by atoms with Gasteiger partial charge in [-0.2, -0.15) is 4.98 Å². The minimum Gasteiger partial charge on any atom is -0.493 e. The summed E-state index contributed by atoms with van der Waals surface area (Å²) in [4.78, 5) is 9.55. The molecule has 1 saturated heterocycles. The van der Waals surface area contributed by atoms with E-state index in [-0.39, 0.29) is 0 Å². The van der Waals surface area contributed by atoms with E-state index in [1.807, 2.05) is 30.3 Å². The van der Waals surface area contributed by atoms with E-state index in [1.54, 1.807) is 0 Å². The van der Waals surface area contributed by atoms with Crippen LogP contribution in [0.5, 0.6) is 5.75 Å². The third-order valence-corrected chi connectivity index (χ3v) is 5.70. The highest BCUT2D eigenvalue weighted by Gasteiger charge is 2.19. The molecule has 3 heterocycles. The lowest BCUT2D eigenvalue weighted by Gasteiger charge is -2.21. The molecule has 1 fully saturated rings. The maximum atomic E-state index is 5.62. The summed E-state index contributed by atoms with van der Waals surface area (Å²) in [6.45, 7) is 6.80. The van der Waals surface area contributed by atoms with Crippen LogP contribution in [0.4, 0.5) is 0 Å². The second-order valence-corrected chi connectivity index (χ2v) is 7.83. The number of aromatic nitrogens is 2. The van der Waals surface area contributed by atoms with Crippen LogP contribution in [0.1, 0.15) is 23.4 Å². The largest absolute Gasteiger partial charge is 0.493 e. The number of fused-ring (bicyclic) bond motifs is 1. The number of hydrogen-bond donors (Lipinski definition) is 0. The zero-order valence-electron chi connectivity index (χ0n) is 16.6. The predicted octanol–water partition coefficient (Wildman–Crippen LogP) is 3.38. The smallest absolute Gasteiger partial charge is 0.257 e. The molecular weight excluding hydrogens is 364 g/mol. The molecule has 2 aliphatic heterocycles. The van der Waals surface area contributed by atoms with E-state index >= 15 is 0 Å². The molecule has 0 amide bonds. The Hall–Kier alpha value is -2.70. The van der Waals surface area contributed by atoms with Crippen molar-refractivity contribution in [2.24, 2.45) is 0 Å². The molecule has 2 aromatic carbocycles. The van der Waals surface area contributed by atoms with E-state index in [4.69, 9.17) is 9.26 Å². The molecular formula is C23H26N4O2. The third-order valence-electron chi connectivity index (χ3n) is 5.70. The Morgan fingerprint density at radius 2 is 1.72 bits per heavy atom. The molecule has 0 aliphatic carbocycles. The Morgan fingerprint density at radius 1 is 0.897 bits per heavy atom. The molecule has 5 rings (SSSR count). The number of ether oxygens (including phenoxy) is 1. The summed E-state index contributed by atoms with van der Waals surface area (Å²) in [7, 11) is 0. The van der Waals surface area contributed by atoms with E-state index in [0.717, 1.165) is 75.9 Å². The monoisotopic (exact) mass is 390 g/mol. The summed E-state index contributed by atoms with van der Waals surface area (Å²) < 4.78 is 11.1. The quantitative estimate of drug-likeness (QED) is 0.666. The summed E-state index contributed by atoms with van der Waals surface area (Å²) in [6.07, 6.45) is 2.18. The van der Waals surface area contributed by atoms with Gasteiger partial charge in [0.25, 0.3) is 5.89 Å². The fraction of sp³-hybridized carbons (Fsp3) is 0.391. The normalized spacial score (nSPS) is 17.7. The van der Waals surface area contributed by atoms with Crippen molar-refractivity contribution in [3.63, 3.8) is 0 Å². The van der Waals surface area contributed by atoms with Crippen molar-refractivity contribution in [3.8, 4) is 17.2 Å². The lowest BCUT2D eigenvalue weighted by molar-refractivity contribution is 0.241. The number of hydrogen-bond acceptors (Lipinski definition) is 6. The lowest BCUT2D eigenvalue weighted by Crippen LogP contribution is -2.30. The molecule has 0 spiro atoms. The Labute approximate surface area is 171 Å². The van der Waals surface area contributed by atoms with Gasteiger partial charge in [0.2, 0.25) is 0 Å². The average Bonchev–Trinajstić information content (AvgIpc) is 3.36. The summed E-state index contributed by atoms with van der Waals surface area (Å²) in [5, 5.41) is 4.18. The van der Waals surface area contributed by atoms with Crippen LogP contribution in [0, 0.1) is 0 Å². The highest BCUT2D eigenvalue weighted by atomic mass is 16.5. The van der Waals surface area contributed by atoms with Crippen LogP contribution in [0.3, 0.4) is 0 Å². The van der Waals surface area contributed by atoms with Crippen LogP contribution < -0.4 is 4.74 Å². The minimum absolute atomic E-state index is 0.595. The fourth-order valence-corrected chi connectivity index (χ4v) is 4.15. The van der Waals surface area contributed by atoms with Crippen LogP contribution in [0.25, 0.3) is 11.5 Å². The molecule has 0 radical (unpaired) electrons. The molecule has 0 unspecified atom stereocenters. The molecule has 6 heteroatoms. The van der Waals surface area contributed by atoms with Crippen molar-refractivity contribution in [3.05, 3.63) is 65.5 Å². The van der Waals surface area contributed by atoms with Gasteiger partial charge in [-0.1, -0.05) is 35.5 Å². The average molecular weight is 390 g/mol. The van der Waals surface area contributed by atoms with Crippen LogP contribution in [-0.4, -0.2) is 52.7 Å². The first-order valence-corrected chi connectivity index (χ1v) is 10.4. The maximum Gasteiger partial charge on any atom is 0.257 e. The van der Waals surface area contributed by atoms with Crippen molar-refractivity contribution in [1.82, 2.24) is 19.9 Å². The van der Waals surface area contributed by atoms with E-state index in [1.165, 1.54) is 11.1 Å². The summed E-state index contributed by atoms with van der Waals surface area (Å²) in [6, 6.07) is 16.6. The molecule has 150 valence electrons. The van der Waals surface area contributed by atoms with E-state index < -0.39 is 0 Å². The van der Waals surface area contributed by atoms with E-state index in [2.05, 4.69) is 38.1 Å². The third kappa shape index (κ3) is 4.33. The van der Waals surface area contributed by atoms with Crippen molar-refractivity contribution in [2.45, 2.75) is 25.9 Å². The van der Waals surface area contributed by atoms with Gasteiger partial charge in [-0.05, 0) is 48.8 Å². The first-order valence-electron chi connectivity index (χ1n) is 10.4. The van der Waals surface area contributed by atoms with Gasteiger partial charge in [-0.15, -0.1) is 0 Å². The van der Waals surface area contributed by atoms with Gasteiger partial charge in [0.05, 0.1) is 13.2 Å². The van der Waals surface area contributed by atoms with Gasteiger partial charge in [0.1, 0.15) is 5.75 Å². The topological polar surface area (TPSA) is 54.6 Å². The van der Waals surface area contributed by atoms with E-state index in [0.29, 0.717) is 5.89 Å². The molecule has 6 nitrogen and oxygen atoms in total. The van der Waals surface area contributed by atoms with Gasteiger partial charge in [-0.3, -0.25) is 9.80 Å². The van der Waals surface area contributed by atoms with Crippen LogP contribution in [0.15, 0.2) is 53.1 Å². The zero-order chi connectivity index (χ0) is 19.5. The Morgan fingerprint density at radius 3 is 2.59 bits per heavy atom. The molecule has 2 aliphatic rings. The van der Waals surface area contributed by atoms with E-state index in [9.17, 15) is 0 Å². The zero-order valence-corrected chi connectivity index (χ0v) is 16.6. The maximum absolute atomic E-state index is 5.62. The van der Waals surface area contributed by atoms with Crippen molar-refractivity contribution < 1.29 is 9.26 Å². The van der Waals surface area contributed by atoms with Crippen molar-refractivity contribution >= 4 is 0 Å². The van der Waals surface area contributed by atoms with Crippen LogP contribution >= 0.6 is 0 Å². The molecule has 0 N–H and O–H groups in total. The minimum atomic E-state index is 0.595. The van der Waals surface area contributed by atoms with Crippen LogP contribution in [0.2, 0.25) is 0 Å². The van der Waals surface area contributed by atoms with Gasteiger partial charge in [0, 0.05) is 31.6 Å². The molecule has 0 atom stereocenters.